The van der Waals surface area contributed by atoms with Gasteiger partial charge in [0.05, 0.1) is 12.4 Å². The Morgan fingerprint density at radius 2 is 1.88 bits per heavy atom. The van der Waals surface area contributed by atoms with E-state index in [-0.39, 0.29) is 4.85 Å². The van der Waals surface area contributed by atoms with Crippen molar-refractivity contribution in [2.75, 3.05) is 0 Å². The zero-order chi connectivity index (χ0) is 11.8. The summed E-state index contributed by atoms with van der Waals surface area (Å²) in [5.74, 6) is -0.401. The van der Waals surface area contributed by atoms with Crippen molar-refractivity contribution in [3.63, 3.8) is 0 Å². The average molecular weight is 230 g/mol. The lowest BCUT2D eigenvalue weighted by Crippen LogP contribution is -2.34. The molecule has 16 heavy (non-hydrogen) atoms. The number of aromatic nitrogens is 2. The van der Waals surface area contributed by atoms with Crippen LogP contribution in [0.4, 0.5) is 0 Å². The van der Waals surface area contributed by atoms with Gasteiger partial charge in [0.1, 0.15) is 5.53 Å². The molecule has 0 aliphatic carbocycles. The Hall–Kier alpha value is -2.99. The normalized spacial score (nSPS) is 11.9. The second-order valence-electron chi connectivity index (χ2n) is 1.94. The van der Waals surface area contributed by atoms with E-state index in [9.17, 15) is 10.1 Å². The third kappa shape index (κ3) is 3.81. The number of hydrazone groups is 1. The van der Waals surface area contributed by atoms with Crippen LogP contribution in [-0.2, 0) is 0 Å². The highest BCUT2D eigenvalue weighted by Gasteiger charge is 2.21. The highest BCUT2D eigenvalue weighted by atomic mass is 16.7. The summed E-state index contributed by atoms with van der Waals surface area (Å²) in [4.78, 5) is 9.69. The first-order valence-corrected chi connectivity index (χ1v) is 3.50. The highest BCUT2D eigenvalue weighted by Crippen LogP contribution is 1.94. The van der Waals surface area contributed by atoms with Gasteiger partial charge in [-0.25, -0.2) is 14.7 Å². The molecular formula is C3H4N9O4+. The molecule has 0 bridgehead atoms. The van der Waals surface area contributed by atoms with Crippen LogP contribution in [0, 0.1) is 10.1 Å². The lowest BCUT2D eigenvalue weighted by Gasteiger charge is -1.82. The van der Waals surface area contributed by atoms with E-state index in [0.717, 1.165) is 0 Å². The minimum Gasteiger partial charge on any atom is -0.254 e. The van der Waals surface area contributed by atoms with Gasteiger partial charge in [-0.05, 0) is 20.7 Å². The fourth-order valence-corrected chi connectivity index (χ4v) is 0.483. The first kappa shape index (κ1) is 11.1. The molecule has 84 valence electrons. The van der Waals surface area contributed by atoms with Gasteiger partial charge in [-0.15, -0.1) is 0 Å². The van der Waals surface area contributed by atoms with Crippen LogP contribution in [0.25, 0.3) is 0 Å². The molecule has 1 aromatic heterocycles. The van der Waals surface area contributed by atoms with Crippen molar-refractivity contribution in [2.45, 2.75) is 0 Å². The number of nitrogens with one attached hydrogen (secondary N) is 1. The van der Waals surface area contributed by atoms with Crippen molar-refractivity contribution in [3.8, 4) is 0 Å². The molecule has 0 saturated heterocycles. The summed E-state index contributed by atoms with van der Waals surface area (Å²) in [5, 5.41) is 36.0. The zero-order valence-corrected chi connectivity index (χ0v) is 7.40. The van der Waals surface area contributed by atoms with Crippen LogP contribution in [0.15, 0.2) is 37.7 Å². The topological polar surface area (TPSA) is 167 Å². The highest BCUT2D eigenvalue weighted by molar-refractivity contribution is 5.75. The molecule has 0 atom stereocenters. The van der Waals surface area contributed by atoms with E-state index in [2.05, 4.69) is 35.6 Å². The van der Waals surface area contributed by atoms with Crippen LogP contribution < -0.4 is 5.53 Å². The van der Waals surface area contributed by atoms with E-state index in [1.165, 1.54) is 17.9 Å². The van der Waals surface area contributed by atoms with Crippen LogP contribution in [-0.4, -0.2) is 31.4 Å². The lowest BCUT2D eigenvalue weighted by molar-refractivity contribution is -0.927. The van der Waals surface area contributed by atoms with E-state index < -0.39 is 11.0 Å². The largest absolute Gasteiger partial charge is 0.527 e. The molecule has 1 aliphatic heterocycles. The maximum Gasteiger partial charge on any atom is 0.527 e. The van der Waals surface area contributed by atoms with E-state index in [1.54, 1.807) is 0 Å². The maximum atomic E-state index is 9.70. The molecule has 1 aromatic rings. The van der Waals surface area contributed by atoms with E-state index in [4.69, 9.17) is 5.21 Å². The molecule has 0 spiro atoms. The van der Waals surface area contributed by atoms with Gasteiger partial charge in [-0.2, -0.15) is 0 Å². The van der Waals surface area contributed by atoms with E-state index in [1.807, 2.05) is 0 Å². The fraction of sp³-hybridized carbons (Fsp3) is 0. The fourth-order valence-electron chi connectivity index (χ4n) is 0.483. The van der Waals surface area contributed by atoms with Crippen molar-refractivity contribution >= 4 is 5.96 Å². The number of guanidine groups is 1. The molecule has 0 aromatic carbocycles. The molecule has 13 nitrogen and oxygen atoms in total. The van der Waals surface area contributed by atoms with Gasteiger partial charge in [0.25, 0.3) is 0 Å². The standard InChI is InChI=1S/C2H2N2O.CH2N7O3/c1-2-4-5-3-1;9-7(6-8(10)11)1-2-4-5-3-1/h1-2H;6,9H/q;+1. The number of nitro groups is 1. The monoisotopic (exact) mass is 230 g/mol. The predicted octanol–water partition coefficient (Wildman–Crippen LogP) is -0.657. The van der Waals surface area contributed by atoms with Gasteiger partial charge >= 0.3 is 5.96 Å². The number of nitrogens with zero attached hydrogens (tertiary/aromatic N) is 8. The van der Waals surface area contributed by atoms with E-state index >= 15 is 0 Å². The summed E-state index contributed by atoms with van der Waals surface area (Å²) < 4.78 is 4.08. The molecular weight excluding hydrogens is 226 g/mol. The van der Waals surface area contributed by atoms with Crippen molar-refractivity contribution in [1.29, 1.82) is 0 Å². The van der Waals surface area contributed by atoms with Crippen molar-refractivity contribution in [3.05, 3.63) is 22.5 Å². The second-order valence-corrected chi connectivity index (χ2v) is 1.94. The number of hydrogen-bond acceptors (Lipinski definition) is 8. The first-order chi connectivity index (χ1) is 7.70. The van der Waals surface area contributed by atoms with Crippen LogP contribution in [0.3, 0.4) is 0 Å². The molecule has 0 fully saturated rings. The van der Waals surface area contributed by atoms with Gasteiger partial charge < -0.3 is 0 Å². The minimum atomic E-state index is -0.990. The Morgan fingerprint density at radius 3 is 2.25 bits per heavy atom. The Balaban J connectivity index is 0.000000212. The zero-order valence-electron chi connectivity index (χ0n) is 7.40. The van der Waals surface area contributed by atoms with Gasteiger partial charge in [0.15, 0.2) is 0 Å². The van der Waals surface area contributed by atoms with Gasteiger partial charge in [-0.1, -0.05) is 10.3 Å². The lowest BCUT2D eigenvalue weighted by atomic mass is 11.0. The Morgan fingerprint density at radius 1 is 1.31 bits per heavy atom. The van der Waals surface area contributed by atoms with Crippen LogP contribution in [0.5, 0.6) is 0 Å². The van der Waals surface area contributed by atoms with E-state index in [0.29, 0.717) is 0 Å². The number of hydrogen-bond donors (Lipinski definition) is 2. The second kappa shape index (κ2) is 5.68. The first-order valence-electron chi connectivity index (χ1n) is 3.50. The summed E-state index contributed by atoms with van der Waals surface area (Å²) in [7, 11) is 0. The molecule has 0 radical (unpaired) electrons. The molecule has 2 N–H and O–H groups in total. The third-order valence-electron chi connectivity index (χ3n) is 0.957. The van der Waals surface area contributed by atoms with Crippen molar-refractivity contribution in [2.24, 2.45) is 20.7 Å². The molecule has 1 aliphatic rings. The summed E-state index contributed by atoms with van der Waals surface area (Å²) in [6.07, 6.45) is 2.94. The summed E-state index contributed by atoms with van der Waals surface area (Å²) in [5.41, 5.74) is 1.35. The summed E-state index contributed by atoms with van der Waals surface area (Å²) in [6, 6.07) is 0. The van der Waals surface area contributed by atoms with Crippen LogP contribution >= 0.6 is 0 Å². The van der Waals surface area contributed by atoms with Crippen LogP contribution in [0.1, 0.15) is 0 Å². The third-order valence-corrected chi connectivity index (χ3v) is 0.957. The van der Waals surface area contributed by atoms with Gasteiger partial charge in [0, 0.05) is 0 Å². The van der Waals surface area contributed by atoms with Crippen LogP contribution in [0.2, 0.25) is 0 Å². The maximum absolute atomic E-state index is 9.70. The SMILES string of the molecule is O=[N+]([O-])N[N+](O)=C1N=NN=N1.c1cnon1. The Kier molecular flexibility index (Phi) is 3.94. The summed E-state index contributed by atoms with van der Waals surface area (Å²) >= 11 is 0. The molecule has 0 amide bonds. The predicted molar refractivity (Wildman–Crippen MR) is 41.2 cm³/mol. The molecule has 0 unspecified atom stereocenters. The molecule has 0 saturated carbocycles. The average Bonchev–Trinajstić information content (AvgIpc) is 2.94. The summed E-state index contributed by atoms with van der Waals surface area (Å²) in [6.45, 7) is 0. The number of rotatable bonds is 2. The Bertz CT molecular complexity index is 389. The van der Waals surface area contributed by atoms with Crippen molar-refractivity contribution in [1.82, 2.24) is 15.8 Å². The Labute approximate surface area is 85.8 Å². The minimum absolute atomic E-state index is 0.0139. The quantitative estimate of drug-likeness (QED) is 0.294. The van der Waals surface area contributed by atoms with Gasteiger partial charge in [-0.3, -0.25) is 5.21 Å². The van der Waals surface area contributed by atoms with Crippen molar-refractivity contribution < 1.29 is 19.7 Å². The molecule has 13 heteroatoms. The number of hydrazine groups is 2. The molecule has 2 heterocycles. The van der Waals surface area contributed by atoms with Gasteiger partial charge in [0.2, 0.25) is 9.88 Å². The smallest absolute Gasteiger partial charge is 0.254 e. The molecule has 2 rings (SSSR count).